The van der Waals surface area contributed by atoms with E-state index in [-0.39, 0.29) is 12.6 Å². The van der Waals surface area contributed by atoms with Gasteiger partial charge in [-0.3, -0.25) is 14.5 Å². The van der Waals surface area contributed by atoms with Crippen LogP contribution in [0.3, 0.4) is 0 Å². The van der Waals surface area contributed by atoms with E-state index in [1.54, 1.807) is 6.20 Å². The first-order valence-corrected chi connectivity index (χ1v) is 12.5. The summed E-state index contributed by atoms with van der Waals surface area (Å²) in [5, 5.41) is 0. The third-order valence-corrected chi connectivity index (χ3v) is 6.12. The maximum atomic E-state index is 11.9. The molecule has 194 valence electrons. The molecule has 1 aliphatic rings. The number of hydrogen-bond donors (Lipinski definition) is 0. The minimum atomic E-state index is -1.07. The lowest BCUT2D eigenvalue weighted by atomic mass is 10.0. The number of ether oxygens (including phenoxy) is 4. The molecule has 3 heterocycles. The highest BCUT2D eigenvalue weighted by Gasteiger charge is 2.27. The number of benzene rings is 1. The first-order valence-electron chi connectivity index (χ1n) is 11.7. The average molecular weight is 571 g/mol. The van der Waals surface area contributed by atoms with Gasteiger partial charge in [-0.2, -0.15) is 0 Å². The number of carbonyl (C=O) groups excluding carboxylic acids is 2. The third-order valence-electron chi connectivity index (χ3n) is 5.62. The van der Waals surface area contributed by atoms with Crippen molar-refractivity contribution in [1.29, 1.82) is 0 Å². The van der Waals surface area contributed by atoms with Crippen LogP contribution in [0.5, 0.6) is 0 Å². The number of methoxy groups -OCH3 is 1. The monoisotopic (exact) mass is 570 g/mol. The molecular formula is C26H27BrN4O6. The maximum Gasteiger partial charge on any atom is 0.511 e. The van der Waals surface area contributed by atoms with E-state index in [2.05, 4.69) is 36.3 Å². The average Bonchev–Trinajstić information content (AvgIpc) is 3.20. The van der Waals surface area contributed by atoms with Crippen LogP contribution in [0.4, 0.5) is 4.79 Å². The Morgan fingerprint density at radius 3 is 2.76 bits per heavy atom. The Hall–Kier alpha value is -3.57. The highest BCUT2D eigenvalue weighted by atomic mass is 79.9. The summed E-state index contributed by atoms with van der Waals surface area (Å²) in [5.41, 5.74) is 4.51. The van der Waals surface area contributed by atoms with Gasteiger partial charge in [0, 0.05) is 41.7 Å². The number of fused-ring (bicyclic) bond motifs is 3. The lowest BCUT2D eigenvalue weighted by Crippen LogP contribution is -2.24. The first kappa shape index (κ1) is 26.5. The fourth-order valence-corrected chi connectivity index (χ4v) is 4.40. The van der Waals surface area contributed by atoms with Crippen molar-refractivity contribution in [3.05, 3.63) is 76.0 Å². The van der Waals surface area contributed by atoms with Crippen molar-refractivity contribution in [2.45, 2.75) is 39.0 Å². The van der Waals surface area contributed by atoms with E-state index < -0.39 is 18.4 Å². The molecule has 0 aliphatic carbocycles. The molecule has 1 aliphatic heterocycles. The predicted molar refractivity (Wildman–Crippen MR) is 138 cm³/mol. The van der Waals surface area contributed by atoms with Crippen LogP contribution in [0.2, 0.25) is 0 Å². The SMILES string of the molecule is COC(=O)OC(C)OC(=O)COCCC[C@@H]1N=C(c2ccccn2)c2cc(Br)ccc2-n2c(C)cnc21. The molecule has 1 aromatic carbocycles. The molecule has 0 spiro atoms. The molecule has 0 radical (unpaired) electrons. The van der Waals surface area contributed by atoms with E-state index >= 15 is 0 Å². The van der Waals surface area contributed by atoms with Gasteiger partial charge in [0.25, 0.3) is 0 Å². The number of halogens is 1. The number of nitrogens with zero attached hydrogens (tertiary/aromatic N) is 4. The Morgan fingerprint density at radius 2 is 2.00 bits per heavy atom. The van der Waals surface area contributed by atoms with E-state index in [1.807, 2.05) is 43.5 Å². The number of hydrogen-bond acceptors (Lipinski definition) is 9. The number of rotatable bonds is 9. The van der Waals surface area contributed by atoms with Crippen molar-refractivity contribution in [1.82, 2.24) is 14.5 Å². The van der Waals surface area contributed by atoms with Gasteiger partial charge in [0.05, 0.1) is 24.2 Å². The third kappa shape index (κ3) is 6.41. The summed E-state index contributed by atoms with van der Waals surface area (Å²) in [6.45, 7) is 3.48. The Labute approximate surface area is 222 Å². The molecule has 0 saturated heterocycles. The standard InChI is InChI=1S/C26H27BrN4O6/c1-16-14-29-25-21(8-6-12-35-15-23(32)36-17(2)37-26(33)34-3)30-24(20-7-4-5-11-28-20)19-13-18(27)9-10-22(19)31(16)25/h4-5,7,9-11,13-14,17,21H,6,8,12,15H2,1-3H3/t17?,21-/m0/s1. The fraction of sp³-hybridized carbons (Fsp3) is 0.346. The number of imidazole rings is 1. The Kier molecular flexibility index (Phi) is 8.67. The highest BCUT2D eigenvalue weighted by Crippen LogP contribution is 2.34. The van der Waals surface area contributed by atoms with Gasteiger partial charge in [-0.25, -0.2) is 14.6 Å². The van der Waals surface area contributed by atoms with E-state index in [4.69, 9.17) is 24.2 Å². The van der Waals surface area contributed by atoms with Crippen LogP contribution >= 0.6 is 15.9 Å². The number of aliphatic imine (C=N–C) groups is 1. The fourth-order valence-electron chi connectivity index (χ4n) is 4.04. The van der Waals surface area contributed by atoms with Gasteiger partial charge < -0.3 is 18.9 Å². The van der Waals surface area contributed by atoms with Crippen LogP contribution in [0.25, 0.3) is 5.69 Å². The van der Waals surface area contributed by atoms with Crippen LogP contribution in [-0.4, -0.2) is 59.0 Å². The molecule has 10 nitrogen and oxygen atoms in total. The number of carbonyl (C=O) groups is 2. The second-order valence-corrected chi connectivity index (χ2v) is 9.20. The molecule has 2 atom stereocenters. The minimum absolute atomic E-state index is 0.249. The predicted octanol–water partition coefficient (Wildman–Crippen LogP) is 4.70. The smallest absolute Gasteiger partial charge is 0.438 e. The van der Waals surface area contributed by atoms with E-state index in [0.717, 1.165) is 38.6 Å². The maximum absolute atomic E-state index is 11.9. The molecule has 4 rings (SSSR count). The molecule has 11 heteroatoms. The second-order valence-electron chi connectivity index (χ2n) is 8.29. The molecule has 0 amide bonds. The van der Waals surface area contributed by atoms with Crippen molar-refractivity contribution < 1.29 is 28.5 Å². The molecular weight excluding hydrogens is 544 g/mol. The molecule has 1 unspecified atom stereocenters. The van der Waals surface area contributed by atoms with E-state index in [9.17, 15) is 9.59 Å². The summed E-state index contributed by atoms with van der Waals surface area (Å²) < 4.78 is 22.6. The number of esters is 1. The molecule has 2 aromatic heterocycles. The molecule has 0 saturated carbocycles. The lowest BCUT2D eigenvalue weighted by Gasteiger charge is -2.15. The zero-order valence-electron chi connectivity index (χ0n) is 20.7. The summed E-state index contributed by atoms with van der Waals surface area (Å²) in [6, 6.07) is 11.6. The Balaban J connectivity index is 1.47. The zero-order valence-corrected chi connectivity index (χ0v) is 22.3. The van der Waals surface area contributed by atoms with Crippen LogP contribution in [0, 0.1) is 6.92 Å². The molecule has 3 aromatic rings. The van der Waals surface area contributed by atoms with Crippen molar-refractivity contribution >= 4 is 33.8 Å². The van der Waals surface area contributed by atoms with Crippen molar-refractivity contribution in [2.24, 2.45) is 4.99 Å². The van der Waals surface area contributed by atoms with Gasteiger partial charge >= 0.3 is 12.1 Å². The van der Waals surface area contributed by atoms with Crippen molar-refractivity contribution in [3.63, 3.8) is 0 Å². The van der Waals surface area contributed by atoms with Gasteiger partial charge in [-0.05, 0) is 50.1 Å². The van der Waals surface area contributed by atoms with Crippen LogP contribution in [-0.2, 0) is 23.7 Å². The first-order chi connectivity index (χ1) is 17.9. The van der Waals surface area contributed by atoms with Gasteiger partial charge in [-0.1, -0.05) is 22.0 Å². The van der Waals surface area contributed by atoms with Crippen LogP contribution < -0.4 is 0 Å². The highest BCUT2D eigenvalue weighted by molar-refractivity contribution is 9.10. The summed E-state index contributed by atoms with van der Waals surface area (Å²) in [4.78, 5) is 37.4. The molecule has 0 N–H and O–H groups in total. The summed E-state index contributed by atoms with van der Waals surface area (Å²) in [7, 11) is 1.17. The zero-order chi connectivity index (χ0) is 26.4. The van der Waals surface area contributed by atoms with Gasteiger partial charge in [0.2, 0.25) is 6.29 Å². The van der Waals surface area contributed by atoms with Crippen LogP contribution in [0.15, 0.2) is 58.3 Å². The largest absolute Gasteiger partial charge is 0.511 e. The number of aromatic nitrogens is 3. The number of aryl methyl sites for hydroxylation is 1. The quantitative estimate of drug-likeness (QED) is 0.206. The molecule has 37 heavy (non-hydrogen) atoms. The lowest BCUT2D eigenvalue weighted by molar-refractivity contribution is -0.172. The van der Waals surface area contributed by atoms with E-state index in [1.165, 1.54) is 14.0 Å². The summed E-state index contributed by atoms with van der Waals surface area (Å²) in [5.74, 6) is 0.189. The minimum Gasteiger partial charge on any atom is -0.438 e. The van der Waals surface area contributed by atoms with Crippen LogP contribution in [0.1, 0.15) is 48.6 Å². The Bertz CT molecular complexity index is 1290. The number of pyridine rings is 1. The normalized spacial score (nSPS) is 15.0. The summed E-state index contributed by atoms with van der Waals surface area (Å²) in [6.07, 6.45) is 2.86. The van der Waals surface area contributed by atoms with Gasteiger partial charge in [-0.15, -0.1) is 0 Å². The molecule has 0 fully saturated rings. The molecule has 0 bridgehead atoms. The van der Waals surface area contributed by atoms with Crippen molar-refractivity contribution in [2.75, 3.05) is 20.3 Å². The van der Waals surface area contributed by atoms with Gasteiger partial charge in [0.1, 0.15) is 18.5 Å². The van der Waals surface area contributed by atoms with Gasteiger partial charge in [0.15, 0.2) is 0 Å². The van der Waals surface area contributed by atoms with Crippen molar-refractivity contribution in [3.8, 4) is 5.69 Å². The topological polar surface area (TPSA) is 114 Å². The summed E-state index contributed by atoms with van der Waals surface area (Å²) >= 11 is 3.60. The Morgan fingerprint density at radius 1 is 1.16 bits per heavy atom. The second kappa shape index (κ2) is 12.1. The van der Waals surface area contributed by atoms with E-state index in [0.29, 0.717) is 19.4 Å².